The van der Waals surface area contributed by atoms with Gasteiger partial charge in [-0.2, -0.15) is 0 Å². The molecule has 0 unspecified atom stereocenters. The van der Waals surface area contributed by atoms with Crippen LogP contribution in [0.25, 0.3) is 10.9 Å². The summed E-state index contributed by atoms with van der Waals surface area (Å²) in [7, 11) is 0. The van der Waals surface area contributed by atoms with Gasteiger partial charge in [-0.15, -0.1) is 0 Å². The van der Waals surface area contributed by atoms with Crippen molar-refractivity contribution in [1.82, 2.24) is 9.55 Å². The van der Waals surface area contributed by atoms with Gasteiger partial charge < -0.3 is 5.73 Å². The summed E-state index contributed by atoms with van der Waals surface area (Å²) in [5.74, 6) is -0.570. The molecular formula is C15H17N3O3. The summed E-state index contributed by atoms with van der Waals surface area (Å²) >= 11 is 0. The molecule has 6 heteroatoms. The molecule has 1 aromatic carbocycles. The maximum atomic E-state index is 12.2. The molecule has 1 aliphatic rings. The second-order valence-corrected chi connectivity index (χ2v) is 5.52. The molecule has 1 heterocycles. The molecule has 0 saturated heterocycles. The highest BCUT2D eigenvalue weighted by atomic mass is 16.2. The van der Waals surface area contributed by atoms with Crippen LogP contribution < -0.4 is 17.0 Å². The van der Waals surface area contributed by atoms with Crippen molar-refractivity contribution in [3.8, 4) is 0 Å². The number of nitrogens with two attached hydrogens (primary N) is 1. The highest BCUT2D eigenvalue weighted by Crippen LogP contribution is 2.28. The van der Waals surface area contributed by atoms with Crippen LogP contribution in [0.3, 0.4) is 0 Å². The van der Waals surface area contributed by atoms with Crippen molar-refractivity contribution < 1.29 is 4.79 Å². The summed E-state index contributed by atoms with van der Waals surface area (Å²) in [5.41, 5.74) is 5.24. The van der Waals surface area contributed by atoms with E-state index in [0.717, 1.165) is 25.7 Å². The molecule has 1 aliphatic carbocycles. The molecule has 0 aliphatic heterocycles. The number of carbonyl (C=O) groups is 1. The molecule has 3 N–H and O–H groups in total. The third-order valence-electron chi connectivity index (χ3n) is 4.17. The minimum atomic E-state index is -0.570. The number of rotatable bonds is 2. The predicted octanol–water partition coefficient (Wildman–Crippen LogP) is 1.29. The lowest BCUT2D eigenvalue weighted by Crippen LogP contribution is -2.34. The van der Waals surface area contributed by atoms with Crippen LogP contribution in [0.15, 0.2) is 27.8 Å². The first kappa shape index (κ1) is 13.6. The van der Waals surface area contributed by atoms with Crippen LogP contribution in [-0.2, 0) is 0 Å². The van der Waals surface area contributed by atoms with Gasteiger partial charge in [0.05, 0.1) is 10.9 Å². The normalized spacial score (nSPS) is 16.2. The Hall–Kier alpha value is -2.37. The fraction of sp³-hybridized carbons (Fsp3) is 0.400. The summed E-state index contributed by atoms with van der Waals surface area (Å²) in [4.78, 5) is 37.9. The number of benzene rings is 1. The Morgan fingerprint density at radius 2 is 1.90 bits per heavy atom. The maximum Gasteiger partial charge on any atom is 0.329 e. The standard InChI is InChI=1S/C15H17N3O3/c16-13(19)9-6-7-11-12(8-9)18(15(21)17-14(11)20)10-4-2-1-3-5-10/h6-8,10H,1-5H2,(H2,16,19)(H,17,20,21). The molecule has 0 spiro atoms. The zero-order valence-electron chi connectivity index (χ0n) is 11.6. The van der Waals surface area contributed by atoms with Crippen molar-refractivity contribution in [3.63, 3.8) is 0 Å². The van der Waals surface area contributed by atoms with Gasteiger partial charge in [0.25, 0.3) is 5.56 Å². The molecule has 1 fully saturated rings. The van der Waals surface area contributed by atoms with E-state index in [9.17, 15) is 14.4 Å². The molecule has 1 saturated carbocycles. The second-order valence-electron chi connectivity index (χ2n) is 5.52. The van der Waals surface area contributed by atoms with Crippen LogP contribution in [0.5, 0.6) is 0 Å². The lowest BCUT2D eigenvalue weighted by Gasteiger charge is -2.25. The van der Waals surface area contributed by atoms with Crippen molar-refractivity contribution in [3.05, 3.63) is 44.6 Å². The lowest BCUT2D eigenvalue weighted by molar-refractivity contribution is 0.100. The zero-order valence-corrected chi connectivity index (χ0v) is 11.6. The van der Waals surface area contributed by atoms with Gasteiger partial charge in [0, 0.05) is 11.6 Å². The summed E-state index contributed by atoms with van der Waals surface area (Å²) < 4.78 is 1.61. The van der Waals surface area contributed by atoms with Gasteiger partial charge >= 0.3 is 5.69 Å². The molecule has 110 valence electrons. The van der Waals surface area contributed by atoms with E-state index in [0.29, 0.717) is 16.5 Å². The third kappa shape index (κ3) is 2.37. The smallest absolute Gasteiger partial charge is 0.329 e. The summed E-state index contributed by atoms with van der Waals surface area (Å²) in [6, 6.07) is 4.67. The number of primary amides is 1. The molecule has 1 aromatic heterocycles. The molecule has 0 bridgehead atoms. The van der Waals surface area contributed by atoms with Gasteiger partial charge in [-0.1, -0.05) is 19.3 Å². The first-order chi connectivity index (χ1) is 10.1. The molecule has 21 heavy (non-hydrogen) atoms. The van der Waals surface area contributed by atoms with Crippen molar-refractivity contribution in [2.45, 2.75) is 38.1 Å². The van der Waals surface area contributed by atoms with Crippen LogP contribution >= 0.6 is 0 Å². The minimum absolute atomic E-state index is 0.0636. The number of nitrogens with one attached hydrogen (secondary N) is 1. The molecule has 3 rings (SSSR count). The van der Waals surface area contributed by atoms with Crippen LogP contribution in [0.4, 0.5) is 0 Å². The number of H-pyrrole nitrogens is 1. The molecule has 6 nitrogen and oxygen atoms in total. The van der Waals surface area contributed by atoms with E-state index in [1.165, 1.54) is 12.5 Å². The van der Waals surface area contributed by atoms with Gasteiger partial charge in [-0.05, 0) is 31.0 Å². The summed E-state index contributed by atoms with van der Waals surface area (Å²) in [6.45, 7) is 0. The van der Waals surface area contributed by atoms with Crippen LogP contribution in [0, 0.1) is 0 Å². The van der Waals surface area contributed by atoms with E-state index in [4.69, 9.17) is 5.73 Å². The third-order valence-corrected chi connectivity index (χ3v) is 4.17. The second kappa shape index (κ2) is 5.20. The number of carbonyl (C=O) groups excluding carboxylic acids is 1. The van der Waals surface area contributed by atoms with Crippen LogP contribution in [-0.4, -0.2) is 15.5 Å². The van der Waals surface area contributed by atoms with Crippen LogP contribution in [0.2, 0.25) is 0 Å². The van der Waals surface area contributed by atoms with E-state index in [1.54, 1.807) is 16.7 Å². The van der Waals surface area contributed by atoms with Crippen molar-refractivity contribution >= 4 is 16.8 Å². The predicted molar refractivity (Wildman–Crippen MR) is 79.5 cm³/mol. The first-order valence-electron chi connectivity index (χ1n) is 7.16. The first-order valence-corrected chi connectivity index (χ1v) is 7.16. The van der Waals surface area contributed by atoms with E-state index >= 15 is 0 Å². The van der Waals surface area contributed by atoms with E-state index in [2.05, 4.69) is 4.98 Å². The average molecular weight is 287 g/mol. The Labute approximate surface area is 120 Å². The molecule has 0 atom stereocenters. The molecule has 1 amide bonds. The number of amides is 1. The minimum Gasteiger partial charge on any atom is -0.366 e. The number of nitrogens with zero attached hydrogens (tertiary/aromatic N) is 1. The topological polar surface area (TPSA) is 98.0 Å². The van der Waals surface area contributed by atoms with Gasteiger partial charge in [0.1, 0.15) is 0 Å². The van der Waals surface area contributed by atoms with E-state index in [1.807, 2.05) is 0 Å². The maximum absolute atomic E-state index is 12.2. The van der Waals surface area contributed by atoms with Gasteiger partial charge in [-0.3, -0.25) is 19.1 Å². The Morgan fingerprint density at radius 1 is 1.19 bits per heavy atom. The van der Waals surface area contributed by atoms with E-state index in [-0.39, 0.29) is 6.04 Å². The van der Waals surface area contributed by atoms with Crippen molar-refractivity contribution in [2.75, 3.05) is 0 Å². The monoisotopic (exact) mass is 287 g/mol. The summed E-state index contributed by atoms with van der Waals surface area (Å²) in [5, 5.41) is 0.408. The van der Waals surface area contributed by atoms with Crippen LogP contribution in [0.1, 0.15) is 48.5 Å². The van der Waals surface area contributed by atoms with Gasteiger partial charge in [0.2, 0.25) is 5.91 Å². The Kier molecular flexibility index (Phi) is 3.37. The molecule has 2 aromatic rings. The fourth-order valence-electron chi connectivity index (χ4n) is 3.11. The number of hydrogen-bond donors (Lipinski definition) is 2. The fourth-order valence-corrected chi connectivity index (χ4v) is 3.11. The largest absolute Gasteiger partial charge is 0.366 e. The SMILES string of the molecule is NC(=O)c1ccc2c(=O)[nH]c(=O)n(C3CCCCC3)c2c1. The van der Waals surface area contributed by atoms with Gasteiger partial charge in [-0.25, -0.2) is 4.79 Å². The Morgan fingerprint density at radius 3 is 2.57 bits per heavy atom. The molecular weight excluding hydrogens is 270 g/mol. The Bertz CT molecular complexity index is 813. The number of aromatic amines is 1. The lowest BCUT2D eigenvalue weighted by atomic mass is 9.95. The average Bonchev–Trinajstić information content (AvgIpc) is 2.47. The van der Waals surface area contributed by atoms with Crippen molar-refractivity contribution in [1.29, 1.82) is 0 Å². The Balaban J connectivity index is 2.30. The molecule has 0 radical (unpaired) electrons. The quantitative estimate of drug-likeness (QED) is 0.870. The highest BCUT2D eigenvalue weighted by molar-refractivity contribution is 5.96. The van der Waals surface area contributed by atoms with E-state index < -0.39 is 17.2 Å². The van der Waals surface area contributed by atoms with Gasteiger partial charge in [0.15, 0.2) is 0 Å². The van der Waals surface area contributed by atoms with Crippen molar-refractivity contribution in [2.24, 2.45) is 5.73 Å². The zero-order chi connectivity index (χ0) is 15.0. The number of fused-ring (bicyclic) bond motifs is 1. The summed E-state index contributed by atoms with van der Waals surface area (Å²) in [6.07, 6.45) is 5.10. The number of hydrogen-bond acceptors (Lipinski definition) is 3. The highest BCUT2D eigenvalue weighted by Gasteiger charge is 2.20. The number of aromatic nitrogens is 2.